The predicted molar refractivity (Wildman–Crippen MR) is 135 cm³/mol. The molecule has 2 aromatic carbocycles. The van der Waals surface area contributed by atoms with Crippen LogP contribution in [0, 0.1) is 26.6 Å². The van der Waals surface area contributed by atoms with Gasteiger partial charge in [-0.25, -0.2) is 8.96 Å². The summed E-state index contributed by atoms with van der Waals surface area (Å²) in [5, 5.41) is 0. The standard InChI is InChI=1S/C31H30FN2/c1-19-15-28-26(24-12-7-21(3)33-30(24)31(28)13-5-6-14-31)17-25(19)29-16-20(2)27(18-34(29)4)22-8-10-23(32)11-9-22/h7-12,15-18H,5-6,13-14H2,1-4H3/q+1. The molecular formula is C31H30FN2+. The highest BCUT2D eigenvalue weighted by Gasteiger charge is 2.46. The van der Waals surface area contributed by atoms with Crippen molar-refractivity contribution in [1.29, 1.82) is 0 Å². The minimum atomic E-state index is -0.207. The van der Waals surface area contributed by atoms with Crippen molar-refractivity contribution in [2.45, 2.75) is 51.9 Å². The molecule has 0 amide bonds. The largest absolute Gasteiger partial charge is 0.257 e. The van der Waals surface area contributed by atoms with Crippen molar-refractivity contribution in [3.63, 3.8) is 0 Å². The number of hydrogen-bond acceptors (Lipinski definition) is 1. The van der Waals surface area contributed by atoms with Crippen LogP contribution in [-0.2, 0) is 12.5 Å². The summed E-state index contributed by atoms with van der Waals surface area (Å²) in [6.07, 6.45) is 7.10. The topological polar surface area (TPSA) is 16.8 Å². The molecule has 0 bridgehead atoms. The van der Waals surface area contributed by atoms with Crippen LogP contribution in [-0.4, -0.2) is 4.98 Å². The van der Waals surface area contributed by atoms with Crippen molar-refractivity contribution >= 4 is 0 Å². The molecule has 1 fully saturated rings. The molecule has 0 aliphatic heterocycles. The van der Waals surface area contributed by atoms with Crippen LogP contribution in [0.2, 0.25) is 0 Å². The number of benzene rings is 2. The second-order valence-corrected chi connectivity index (χ2v) is 10.2. The molecule has 34 heavy (non-hydrogen) atoms. The first-order valence-corrected chi connectivity index (χ1v) is 12.3. The van der Waals surface area contributed by atoms with Gasteiger partial charge in [-0.2, -0.15) is 0 Å². The van der Waals surface area contributed by atoms with Gasteiger partial charge in [-0.3, -0.25) is 4.98 Å². The van der Waals surface area contributed by atoms with E-state index in [1.54, 1.807) is 0 Å². The Bertz CT molecular complexity index is 1440. The van der Waals surface area contributed by atoms with Crippen LogP contribution in [0.4, 0.5) is 4.39 Å². The molecule has 0 unspecified atom stereocenters. The van der Waals surface area contributed by atoms with Gasteiger partial charge in [0.1, 0.15) is 12.9 Å². The molecule has 1 saturated carbocycles. The number of halogens is 1. The SMILES string of the molecule is Cc1ccc2c(n1)C1(CCCC1)c1cc(C)c(-c3cc(C)c(-c4ccc(F)cc4)c[n+]3C)cc1-2. The summed E-state index contributed by atoms with van der Waals surface area (Å²) in [6, 6.07) is 18.3. The molecule has 0 saturated heterocycles. The number of nitrogens with zero attached hydrogens (tertiary/aromatic N) is 2. The Kier molecular flexibility index (Phi) is 4.74. The molecule has 2 aromatic heterocycles. The Morgan fingerprint density at radius 2 is 1.50 bits per heavy atom. The number of rotatable bonds is 2. The molecule has 0 atom stereocenters. The van der Waals surface area contributed by atoms with Crippen molar-refractivity contribution in [2.24, 2.45) is 7.05 Å². The Balaban J connectivity index is 1.52. The first-order chi connectivity index (χ1) is 16.4. The number of aromatic nitrogens is 2. The molecule has 0 N–H and O–H groups in total. The van der Waals surface area contributed by atoms with Crippen molar-refractivity contribution < 1.29 is 8.96 Å². The second kappa shape index (κ2) is 7.59. The quantitative estimate of drug-likeness (QED) is 0.297. The lowest BCUT2D eigenvalue weighted by Gasteiger charge is -2.26. The third-order valence-corrected chi connectivity index (χ3v) is 8.03. The molecule has 2 nitrogen and oxygen atoms in total. The van der Waals surface area contributed by atoms with Gasteiger partial charge in [0.25, 0.3) is 0 Å². The molecule has 1 spiro atoms. The van der Waals surface area contributed by atoms with E-state index in [2.05, 4.69) is 68.9 Å². The zero-order chi connectivity index (χ0) is 23.6. The van der Waals surface area contributed by atoms with Gasteiger partial charge in [-0.1, -0.05) is 37.1 Å². The van der Waals surface area contributed by atoms with Crippen molar-refractivity contribution in [2.75, 3.05) is 0 Å². The second-order valence-electron chi connectivity index (χ2n) is 10.2. The molecular weight excluding hydrogens is 419 g/mol. The molecule has 2 aliphatic rings. The minimum absolute atomic E-state index is 0.0878. The number of hydrogen-bond donors (Lipinski definition) is 0. The fourth-order valence-corrected chi connectivity index (χ4v) is 6.30. The van der Waals surface area contributed by atoms with Crippen LogP contribution in [0.5, 0.6) is 0 Å². The smallest absolute Gasteiger partial charge is 0.212 e. The van der Waals surface area contributed by atoms with E-state index in [1.165, 1.54) is 82.6 Å². The van der Waals surface area contributed by atoms with Crippen molar-refractivity contribution in [3.05, 3.63) is 94.7 Å². The molecule has 6 rings (SSSR count). The zero-order valence-electron chi connectivity index (χ0n) is 20.4. The summed E-state index contributed by atoms with van der Waals surface area (Å²) in [6.45, 7) is 6.48. The average Bonchev–Trinajstić information content (AvgIpc) is 3.40. The fraction of sp³-hybridized carbons (Fsp3) is 0.290. The first kappa shape index (κ1) is 21.2. The summed E-state index contributed by atoms with van der Waals surface area (Å²) in [5.41, 5.74) is 13.7. The van der Waals surface area contributed by atoms with Crippen molar-refractivity contribution in [1.82, 2.24) is 4.98 Å². The monoisotopic (exact) mass is 449 g/mol. The van der Waals surface area contributed by atoms with Gasteiger partial charge in [0.15, 0.2) is 6.20 Å². The van der Waals surface area contributed by atoms with Gasteiger partial charge < -0.3 is 0 Å². The van der Waals surface area contributed by atoms with Gasteiger partial charge in [0.2, 0.25) is 5.69 Å². The average molecular weight is 450 g/mol. The Labute approximate surface area is 201 Å². The maximum atomic E-state index is 13.4. The zero-order valence-corrected chi connectivity index (χ0v) is 20.4. The molecule has 2 heterocycles. The number of fused-ring (bicyclic) bond motifs is 5. The van der Waals surface area contributed by atoms with Crippen LogP contribution >= 0.6 is 0 Å². The highest BCUT2D eigenvalue weighted by Crippen LogP contribution is 2.57. The van der Waals surface area contributed by atoms with Crippen LogP contribution in [0.3, 0.4) is 0 Å². The van der Waals surface area contributed by atoms with Crippen LogP contribution in [0.15, 0.2) is 60.8 Å². The lowest BCUT2D eigenvalue weighted by molar-refractivity contribution is -0.660. The third-order valence-electron chi connectivity index (χ3n) is 8.03. The summed E-state index contributed by atoms with van der Waals surface area (Å²) in [5.74, 6) is -0.207. The maximum Gasteiger partial charge on any atom is 0.212 e. The van der Waals surface area contributed by atoms with E-state index in [4.69, 9.17) is 4.98 Å². The molecule has 0 radical (unpaired) electrons. The van der Waals surface area contributed by atoms with Gasteiger partial charge in [0, 0.05) is 33.9 Å². The van der Waals surface area contributed by atoms with E-state index < -0.39 is 0 Å². The Morgan fingerprint density at radius 1 is 0.794 bits per heavy atom. The maximum absolute atomic E-state index is 13.4. The lowest BCUT2D eigenvalue weighted by Crippen LogP contribution is -2.31. The normalized spacial score (nSPS) is 15.6. The summed E-state index contributed by atoms with van der Waals surface area (Å²) in [7, 11) is 2.10. The Morgan fingerprint density at radius 3 is 2.24 bits per heavy atom. The predicted octanol–water partition coefficient (Wildman–Crippen LogP) is 7.14. The fourth-order valence-electron chi connectivity index (χ4n) is 6.30. The highest BCUT2D eigenvalue weighted by atomic mass is 19.1. The van der Waals surface area contributed by atoms with Crippen LogP contribution in [0.25, 0.3) is 33.5 Å². The van der Waals surface area contributed by atoms with Crippen LogP contribution in [0.1, 0.15) is 53.8 Å². The number of aryl methyl sites for hydroxylation is 4. The van der Waals surface area contributed by atoms with E-state index in [0.29, 0.717) is 0 Å². The first-order valence-electron chi connectivity index (χ1n) is 12.3. The van der Waals surface area contributed by atoms with Gasteiger partial charge in [0.05, 0.1) is 5.69 Å². The lowest BCUT2D eigenvalue weighted by atomic mass is 9.78. The molecule has 3 heteroatoms. The van der Waals surface area contributed by atoms with E-state index >= 15 is 0 Å². The molecule has 2 aliphatic carbocycles. The van der Waals surface area contributed by atoms with Gasteiger partial charge in [-0.05, 0) is 85.7 Å². The third kappa shape index (κ3) is 3.06. The summed E-state index contributed by atoms with van der Waals surface area (Å²) >= 11 is 0. The highest BCUT2D eigenvalue weighted by molar-refractivity contribution is 5.84. The van der Waals surface area contributed by atoms with E-state index in [0.717, 1.165) is 16.8 Å². The van der Waals surface area contributed by atoms with Crippen molar-refractivity contribution in [3.8, 4) is 33.5 Å². The van der Waals surface area contributed by atoms with E-state index in [9.17, 15) is 4.39 Å². The Hall–Kier alpha value is -3.33. The minimum Gasteiger partial charge on any atom is -0.257 e. The van der Waals surface area contributed by atoms with Crippen LogP contribution < -0.4 is 4.57 Å². The van der Waals surface area contributed by atoms with E-state index in [1.807, 2.05) is 12.1 Å². The summed E-state index contributed by atoms with van der Waals surface area (Å²) < 4.78 is 15.7. The van der Waals surface area contributed by atoms with E-state index in [-0.39, 0.29) is 11.2 Å². The summed E-state index contributed by atoms with van der Waals surface area (Å²) in [4.78, 5) is 5.09. The molecule has 4 aromatic rings. The van der Waals surface area contributed by atoms with Gasteiger partial charge >= 0.3 is 0 Å². The van der Waals surface area contributed by atoms with Gasteiger partial charge in [-0.15, -0.1) is 0 Å². The molecule has 170 valence electrons. The number of pyridine rings is 2.